The van der Waals surface area contributed by atoms with Crippen LogP contribution in [0.4, 0.5) is 17.6 Å². The maximum Gasteiger partial charge on any atom is 0.416 e. The van der Waals surface area contributed by atoms with Crippen LogP contribution >= 0.6 is 0 Å². The summed E-state index contributed by atoms with van der Waals surface area (Å²) in [4.78, 5) is 12.3. The van der Waals surface area contributed by atoms with Crippen LogP contribution in [0.1, 0.15) is 36.8 Å². The monoisotopic (exact) mass is 546 g/mol. The molecule has 4 rings (SSSR count). The number of rotatable bonds is 6. The van der Waals surface area contributed by atoms with Crippen LogP contribution in [-0.4, -0.2) is 48.6 Å². The Labute approximate surface area is 210 Å². The third kappa shape index (κ3) is 5.31. The molecule has 202 valence electrons. The van der Waals surface area contributed by atoms with E-state index in [1.54, 1.807) is 5.48 Å². The lowest BCUT2D eigenvalue weighted by atomic mass is 9.71. The SMILES string of the molecule is O=C(NO)C1NCC(O)CC12CCCC2S(=O)(=O)c1ccc(OCc2cc(F)ccc2C(F)(F)F)cc1. The summed E-state index contributed by atoms with van der Waals surface area (Å²) in [5, 5.41) is 21.3. The van der Waals surface area contributed by atoms with Crippen LogP contribution in [-0.2, 0) is 27.4 Å². The third-order valence-electron chi connectivity index (χ3n) is 7.16. The van der Waals surface area contributed by atoms with Crippen molar-refractivity contribution in [3.63, 3.8) is 0 Å². The molecule has 8 nitrogen and oxygen atoms in total. The van der Waals surface area contributed by atoms with Gasteiger partial charge >= 0.3 is 6.18 Å². The van der Waals surface area contributed by atoms with Crippen molar-refractivity contribution in [2.75, 3.05) is 6.54 Å². The van der Waals surface area contributed by atoms with Crippen LogP contribution < -0.4 is 15.5 Å². The number of hydrogen-bond donors (Lipinski definition) is 4. The fourth-order valence-corrected chi connectivity index (χ4v) is 7.90. The number of benzene rings is 2. The average molecular weight is 547 g/mol. The number of ether oxygens (including phenoxy) is 1. The van der Waals surface area contributed by atoms with E-state index in [0.717, 1.165) is 6.07 Å². The summed E-state index contributed by atoms with van der Waals surface area (Å²) in [5.74, 6) is -1.56. The van der Waals surface area contributed by atoms with Crippen molar-refractivity contribution in [3.05, 3.63) is 59.4 Å². The van der Waals surface area contributed by atoms with E-state index >= 15 is 0 Å². The molecular weight excluding hydrogens is 520 g/mol. The number of hydroxylamine groups is 1. The smallest absolute Gasteiger partial charge is 0.416 e. The third-order valence-corrected chi connectivity index (χ3v) is 9.55. The number of amides is 1. The summed E-state index contributed by atoms with van der Waals surface area (Å²) in [6.07, 6.45) is -4.45. The lowest BCUT2D eigenvalue weighted by Crippen LogP contribution is -2.64. The quantitative estimate of drug-likeness (QED) is 0.250. The number of nitrogens with one attached hydrogen (secondary N) is 2. The molecular formula is C24H26F4N2O6S. The van der Waals surface area contributed by atoms with Gasteiger partial charge in [-0.3, -0.25) is 10.0 Å². The van der Waals surface area contributed by atoms with E-state index in [0.29, 0.717) is 25.0 Å². The van der Waals surface area contributed by atoms with Crippen LogP contribution in [0.25, 0.3) is 0 Å². The number of β-amino-alcohol motifs (C(OH)–C–C–N with tert-alkyl or cyclic N) is 1. The second-order valence-corrected chi connectivity index (χ2v) is 11.5. The average Bonchev–Trinajstić information content (AvgIpc) is 3.26. The van der Waals surface area contributed by atoms with Gasteiger partial charge < -0.3 is 15.2 Å². The zero-order chi connectivity index (χ0) is 27.0. The lowest BCUT2D eigenvalue weighted by molar-refractivity contribution is -0.139. The van der Waals surface area contributed by atoms with Crippen molar-refractivity contribution in [1.82, 2.24) is 10.8 Å². The molecule has 13 heteroatoms. The number of piperidine rings is 1. The molecule has 1 spiro atoms. The number of aliphatic hydroxyl groups excluding tert-OH is 1. The van der Waals surface area contributed by atoms with Gasteiger partial charge in [0, 0.05) is 17.5 Å². The number of aliphatic hydroxyl groups is 1. The summed E-state index contributed by atoms with van der Waals surface area (Å²) >= 11 is 0. The van der Waals surface area contributed by atoms with Gasteiger partial charge in [0.15, 0.2) is 9.84 Å². The Kier molecular flexibility index (Phi) is 7.52. The Morgan fingerprint density at radius 2 is 1.89 bits per heavy atom. The molecule has 0 radical (unpaired) electrons. The predicted molar refractivity (Wildman–Crippen MR) is 122 cm³/mol. The van der Waals surface area contributed by atoms with E-state index in [1.807, 2.05) is 0 Å². The topological polar surface area (TPSA) is 125 Å². The first-order valence-corrected chi connectivity index (χ1v) is 13.1. The minimum atomic E-state index is -4.70. The summed E-state index contributed by atoms with van der Waals surface area (Å²) in [7, 11) is -4.03. The van der Waals surface area contributed by atoms with E-state index in [2.05, 4.69) is 5.32 Å². The number of alkyl halides is 3. The van der Waals surface area contributed by atoms with Crippen molar-refractivity contribution in [2.24, 2.45) is 5.41 Å². The highest BCUT2D eigenvalue weighted by atomic mass is 32.2. The molecule has 1 saturated heterocycles. The number of hydrogen-bond acceptors (Lipinski definition) is 7. The molecule has 2 fully saturated rings. The zero-order valence-corrected chi connectivity index (χ0v) is 20.3. The first-order chi connectivity index (χ1) is 17.4. The van der Waals surface area contributed by atoms with Crippen LogP contribution in [0.3, 0.4) is 0 Å². The van der Waals surface area contributed by atoms with Crippen LogP contribution in [0.15, 0.2) is 47.4 Å². The molecule has 2 aromatic rings. The van der Waals surface area contributed by atoms with E-state index in [1.165, 1.54) is 24.3 Å². The van der Waals surface area contributed by atoms with E-state index in [4.69, 9.17) is 4.74 Å². The normalized spacial score (nSPS) is 26.3. The molecule has 2 aromatic carbocycles. The fourth-order valence-electron chi connectivity index (χ4n) is 5.61. The standard InChI is InChI=1S/C24H26F4N2O6S/c25-15-3-8-19(24(26,27)28)14(10-15)13-36-17-4-6-18(7-5-17)37(34,35)20-2-1-9-23(20)11-16(31)12-29-21(23)22(32)30-33/h3-8,10,16,20-21,29,31,33H,1-2,9,11-13H2,(H,30,32). The first kappa shape index (κ1) is 27.3. The number of carbonyl (C=O) groups is 1. The molecule has 4 atom stereocenters. The minimum Gasteiger partial charge on any atom is -0.489 e. The summed E-state index contributed by atoms with van der Waals surface area (Å²) in [6, 6.07) is 6.11. The van der Waals surface area contributed by atoms with Gasteiger partial charge in [0.1, 0.15) is 18.2 Å². The van der Waals surface area contributed by atoms with Crippen molar-refractivity contribution < 1.29 is 45.8 Å². The highest BCUT2D eigenvalue weighted by molar-refractivity contribution is 7.92. The van der Waals surface area contributed by atoms with Crippen molar-refractivity contribution in [2.45, 2.75) is 60.8 Å². The van der Waals surface area contributed by atoms with Gasteiger partial charge in [-0.05, 0) is 61.7 Å². The zero-order valence-electron chi connectivity index (χ0n) is 19.5. The molecule has 1 heterocycles. The Morgan fingerprint density at radius 1 is 1.19 bits per heavy atom. The first-order valence-electron chi connectivity index (χ1n) is 11.6. The second-order valence-electron chi connectivity index (χ2n) is 9.39. The summed E-state index contributed by atoms with van der Waals surface area (Å²) < 4.78 is 85.8. The van der Waals surface area contributed by atoms with Crippen molar-refractivity contribution in [3.8, 4) is 5.75 Å². The van der Waals surface area contributed by atoms with Gasteiger partial charge in [-0.1, -0.05) is 6.42 Å². The van der Waals surface area contributed by atoms with E-state index in [-0.39, 0.29) is 30.0 Å². The number of sulfone groups is 1. The Morgan fingerprint density at radius 3 is 2.54 bits per heavy atom. The molecule has 0 bridgehead atoms. The number of carbonyl (C=O) groups excluding carboxylic acids is 1. The Balaban J connectivity index is 1.56. The molecule has 0 aromatic heterocycles. The largest absolute Gasteiger partial charge is 0.489 e. The van der Waals surface area contributed by atoms with Gasteiger partial charge in [-0.15, -0.1) is 0 Å². The summed E-state index contributed by atoms with van der Waals surface area (Å²) in [6.45, 7) is -0.522. The molecule has 1 amide bonds. The van der Waals surface area contributed by atoms with Gasteiger partial charge in [-0.2, -0.15) is 13.2 Å². The molecule has 4 N–H and O–H groups in total. The number of halogens is 4. The van der Waals surface area contributed by atoms with Crippen LogP contribution in [0.2, 0.25) is 0 Å². The van der Waals surface area contributed by atoms with Gasteiger partial charge in [-0.25, -0.2) is 18.3 Å². The predicted octanol–water partition coefficient (Wildman–Crippen LogP) is 2.96. The van der Waals surface area contributed by atoms with E-state index in [9.17, 15) is 41.1 Å². The summed E-state index contributed by atoms with van der Waals surface area (Å²) in [5.41, 5.74) is -1.02. The Bertz CT molecular complexity index is 1250. The van der Waals surface area contributed by atoms with E-state index < -0.39 is 68.3 Å². The van der Waals surface area contributed by atoms with Crippen LogP contribution in [0.5, 0.6) is 5.75 Å². The molecule has 1 aliphatic heterocycles. The lowest BCUT2D eigenvalue weighted by Gasteiger charge is -2.46. The molecule has 2 aliphatic rings. The maximum atomic E-state index is 13.6. The minimum absolute atomic E-state index is 0.0539. The van der Waals surface area contributed by atoms with Crippen LogP contribution in [0, 0.1) is 11.2 Å². The molecule has 1 aliphatic carbocycles. The second kappa shape index (κ2) is 10.2. The molecule has 1 saturated carbocycles. The Hall–Kier alpha value is -2.74. The van der Waals surface area contributed by atoms with Gasteiger partial charge in [0.2, 0.25) is 0 Å². The molecule has 37 heavy (non-hydrogen) atoms. The molecule has 4 unspecified atom stereocenters. The highest BCUT2D eigenvalue weighted by Gasteiger charge is 2.58. The highest BCUT2D eigenvalue weighted by Crippen LogP contribution is 2.51. The maximum absolute atomic E-state index is 13.6. The van der Waals surface area contributed by atoms with Crippen molar-refractivity contribution in [1.29, 1.82) is 0 Å². The van der Waals surface area contributed by atoms with Gasteiger partial charge in [0.25, 0.3) is 5.91 Å². The van der Waals surface area contributed by atoms with Gasteiger partial charge in [0.05, 0.1) is 27.9 Å². The fraction of sp³-hybridized carbons (Fsp3) is 0.458. The van der Waals surface area contributed by atoms with Crippen molar-refractivity contribution >= 4 is 15.7 Å².